The fourth-order valence-electron chi connectivity index (χ4n) is 1.89. The predicted molar refractivity (Wildman–Crippen MR) is 89.6 cm³/mol. The number of nitrogens with zero attached hydrogens (tertiary/aromatic N) is 3. The van der Waals surface area contributed by atoms with Crippen LogP contribution in [0.5, 0.6) is 0 Å². The summed E-state index contributed by atoms with van der Waals surface area (Å²) in [7, 11) is 0. The minimum atomic E-state index is -0.417. The first-order valence-electron chi connectivity index (χ1n) is 7.24. The number of guanidine groups is 1. The van der Waals surface area contributed by atoms with E-state index >= 15 is 0 Å². The Morgan fingerprint density at radius 2 is 2.26 bits per heavy atom. The van der Waals surface area contributed by atoms with Crippen LogP contribution in [-0.4, -0.2) is 17.5 Å². The molecule has 2 rings (SSSR count). The number of benzene rings is 1. The molecule has 0 amide bonds. The monoisotopic (exact) mass is 331 g/mol. The summed E-state index contributed by atoms with van der Waals surface area (Å²) in [6.45, 7) is 5.45. The van der Waals surface area contributed by atoms with Crippen molar-refractivity contribution in [3.63, 3.8) is 0 Å². The molecule has 0 saturated heterocycles. The number of rotatable bonds is 5. The number of aromatic nitrogens is 1. The average molecular weight is 331 g/mol. The van der Waals surface area contributed by atoms with Crippen molar-refractivity contribution in [1.29, 1.82) is 5.26 Å². The molecule has 2 aromatic rings. The highest BCUT2D eigenvalue weighted by molar-refractivity contribution is 7.11. The van der Waals surface area contributed by atoms with E-state index in [9.17, 15) is 4.39 Å². The molecule has 23 heavy (non-hydrogen) atoms. The molecule has 1 aromatic heterocycles. The molecule has 0 aliphatic rings. The standard InChI is InChI=1S/C16H18FN5S/c1-3-19-16(22-10-15-20-8-11(2)23-15)21-9-13-5-4-12(7-18)6-14(13)17/h4-6,8H,3,9-10H2,1-2H3,(H2,19,21,22). The number of halogens is 1. The average Bonchev–Trinajstić information content (AvgIpc) is 2.96. The molecule has 1 aromatic carbocycles. The van der Waals surface area contributed by atoms with E-state index in [0.29, 0.717) is 30.2 Å². The quantitative estimate of drug-likeness (QED) is 0.653. The topological polar surface area (TPSA) is 73.1 Å². The van der Waals surface area contributed by atoms with Crippen LogP contribution in [0.3, 0.4) is 0 Å². The van der Waals surface area contributed by atoms with E-state index < -0.39 is 5.82 Å². The molecule has 0 unspecified atom stereocenters. The molecule has 0 aliphatic heterocycles. The first-order chi connectivity index (χ1) is 11.1. The van der Waals surface area contributed by atoms with Crippen molar-refractivity contribution in [2.24, 2.45) is 4.99 Å². The van der Waals surface area contributed by atoms with Crippen LogP contribution in [-0.2, 0) is 13.1 Å². The molecular weight excluding hydrogens is 313 g/mol. The van der Waals surface area contributed by atoms with Gasteiger partial charge in [0.15, 0.2) is 5.96 Å². The number of aliphatic imine (C=N–C) groups is 1. The number of aryl methyl sites for hydroxylation is 1. The zero-order valence-electron chi connectivity index (χ0n) is 13.1. The first-order valence-corrected chi connectivity index (χ1v) is 8.06. The molecule has 0 saturated carbocycles. The Hall–Kier alpha value is -2.46. The Balaban J connectivity index is 2.02. The number of thiazole rings is 1. The molecular formula is C16H18FN5S. The van der Waals surface area contributed by atoms with Gasteiger partial charge in [-0.15, -0.1) is 11.3 Å². The van der Waals surface area contributed by atoms with E-state index in [1.165, 1.54) is 6.07 Å². The summed E-state index contributed by atoms with van der Waals surface area (Å²) in [6.07, 6.45) is 1.83. The fraction of sp³-hybridized carbons (Fsp3) is 0.312. The Kier molecular flexibility index (Phi) is 6.06. The summed E-state index contributed by atoms with van der Waals surface area (Å²) in [4.78, 5) is 9.81. The number of nitrogens with one attached hydrogen (secondary N) is 2. The number of hydrogen-bond acceptors (Lipinski definition) is 4. The molecule has 1 heterocycles. The smallest absolute Gasteiger partial charge is 0.191 e. The van der Waals surface area contributed by atoms with Crippen LogP contribution in [0.2, 0.25) is 0 Å². The third-order valence-corrected chi connectivity index (χ3v) is 3.92. The van der Waals surface area contributed by atoms with Crippen LogP contribution >= 0.6 is 11.3 Å². The third-order valence-electron chi connectivity index (χ3n) is 3.01. The van der Waals surface area contributed by atoms with Gasteiger partial charge in [0.2, 0.25) is 0 Å². The predicted octanol–water partition coefficient (Wildman–Crippen LogP) is 2.72. The van der Waals surface area contributed by atoms with E-state index in [1.54, 1.807) is 23.5 Å². The molecule has 0 aliphatic carbocycles. The van der Waals surface area contributed by atoms with Gasteiger partial charge in [0.1, 0.15) is 10.8 Å². The van der Waals surface area contributed by atoms with Crippen molar-refractivity contribution < 1.29 is 4.39 Å². The molecule has 2 N–H and O–H groups in total. The maximum absolute atomic E-state index is 13.9. The van der Waals surface area contributed by atoms with E-state index in [4.69, 9.17) is 5.26 Å². The lowest BCUT2D eigenvalue weighted by atomic mass is 10.1. The SMILES string of the molecule is CCNC(=NCc1ccc(C#N)cc1F)NCc1ncc(C)s1. The van der Waals surface area contributed by atoms with E-state index in [2.05, 4.69) is 20.6 Å². The molecule has 0 atom stereocenters. The molecule has 0 fully saturated rings. The molecule has 5 nitrogen and oxygen atoms in total. The van der Waals surface area contributed by atoms with Gasteiger partial charge in [0, 0.05) is 23.2 Å². The van der Waals surface area contributed by atoms with Gasteiger partial charge in [0.25, 0.3) is 0 Å². The summed E-state index contributed by atoms with van der Waals surface area (Å²) in [6, 6.07) is 6.32. The van der Waals surface area contributed by atoms with Crippen LogP contribution in [0, 0.1) is 24.1 Å². The van der Waals surface area contributed by atoms with E-state index in [1.807, 2.05) is 26.1 Å². The van der Waals surface area contributed by atoms with Crippen LogP contribution in [0.1, 0.15) is 27.9 Å². The summed E-state index contributed by atoms with van der Waals surface area (Å²) in [5.74, 6) is 0.184. The van der Waals surface area contributed by atoms with Gasteiger partial charge in [-0.05, 0) is 26.0 Å². The van der Waals surface area contributed by atoms with Crippen molar-refractivity contribution in [3.8, 4) is 6.07 Å². The summed E-state index contributed by atoms with van der Waals surface area (Å²) < 4.78 is 13.9. The number of nitriles is 1. The van der Waals surface area contributed by atoms with Crippen molar-refractivity contribution in [1.82, 2.24) is 15.6 Å². The van der Waals surface area contributed by atoms with Gasteiger partial charge in [-0.2, -0.15) is 5.26 Å². The molecule has 7 heteroatoms. The zero-order valence-corrected chi connectivity index (χ0v) is 13.9. The number of hydrogen-bond donors (Lipinski definition) is 2. The minimum absolute atomic E-state index is 0.198. The van der Waals surface area contributed by atoms with E-state index in [0.717, 1.165) is 9.88 Å². The van der Waals surface area contributed by atoms with Crippen LogP contribution in [0.25, 0.3) is 0 Å². The summed E-state index contributed by atoms with van der Waals surface area (Å²) >= 11 is 1.62. The molecule has 120 valence electrons. The van der Waals surface area contributed by atoms with E-state index in [-0.39, 0.29) is 6.54 Å². The summed E-state index contributed by atoms with van der Waals surface area (Å²) in [5.41, 5.74) is 0.755. The van der Waals surface area contributed by atoms with Gasteiger partial charge < -0.3 is 10.6 Å². The van der Waals surface area contributed by atoms with Crippen LogP contribution in [0.4, 0.5) is 4.39 Å². The van der Waals surface area contributed by atoms with Gasteiger partial charge in [0.05, 0.1) is 24.7 Å². The maximum atomic E-state index is 13.9. The second kappa shape index (κ2) is 8.25. The highest BCUT2D eigenvalue weighted by Crippen LogP contribution is 2.12. The zero-order chi connectivity index (χ0) is 16.7. The fourth-order valence-corrected chi connectivity index (χ4v) is 2.62. The molecule has 0 radical (unpaired) electrons. The Morgan fingerprint density at radius 3 is 2.87 bits per heavy atom. The second-order valence-corrected chi connectivity index (χ2v) is 6.15. The van der Waals surface area contributed by atoms with Gasteiger partial charge in [-0.3, -0.25) is 0 Å². The third kappa shape index (κ3) is 5.04. The minimum Gasteiger partial charge on any atom is -0.357 e. The van der Waals surface area contributed by atoms with Crippen molar-refractivity contribution >= 4 is 17.3 Å². The van der Waals surface area contributed by atoms with Crippen molar-refractivity contribution in [3.05, 3.63) is 51.2 Å². The summed E-state index contributed by atoms with van der Waals surface area (Å²) in [5, 5.41) is 16.0. The highest BCUT2D eigenvalue weighted by Gasteiger charge is 2.05. The highest BCUT2D eigenvalue weighted by atomic mass is 32.1. The Labute approximate surface area is 138 Å². The lowest BCUT2D eigenvalue weighted by Crippen LogP contribution is -2.36. The lowest BCUT2D eigenvalue weighted by molar-refractivity contribution is 0.609. The van der Waals surface area contributed by atoms with Crippen LogP contribution in [0.15, 0.2) is 29.4 Å². The normalized spacial score (nSPS) is 11.1. The lowest BCUT2D eigenvalue weighted by Gasteiger charge is -2.10. The Bertz CT molecular complexity index is 732. The molecule has 0 bridgehead atoms. The second-order valence-electron chi connectivity index (χ2n) is 4.83. The maximum Gasteiger partial charge on any atom is 0.191 e. The van der Waals surface area contributed by atoms with Crippen molar-refractivity contribution in [2.75, 3.05) is 6.54 Å². The van der Waals surface area contributed by atoms with Crippen molar-refractivity contribution in [2.45, 2.75) is 26.9 Å². The largest absolute Gasteiger partial charge is 0.357 e. The molecule has 0 spiro atoms. The Morgan fingerprint density at radius 1 is 1.43 bits per heavy atom. The van der Waals surface area contributed by atoms with Crippen LogP contribution < -0.4 is 10.6 Å². The first kappa shape index (κ1) is 16.9. The van der Waals surface area contributed by atoms with Gasteiger partial charge in [-0.25, -0.2) is 14.4 Å². The van der Waals surface area contributed by atoms with Gasteiger partial charge in [-0.1, -0.05) is 6.07 Å². The van der Waals surface area contributed by atoms with Gasteiger partial charge >= 0.3 is 0 Å².